The normalized spacial score (nSPS) is 22.3. The molecule has 7 heteroatoms. The van der Waals surface area contributed by atoms with Crippen molar-refractivity contribution in [2.24, 2.45) is 5.73 Å². The molecule has 2 atom stereocenters. The molecule has 3 amide bonds. The van der Waals surface area contributed by atoms with E-state index in [4.69, 9.17) is 10.5 Å². The van der Waals surface area contributed by atoms with E-state index in [1.807, 2.05) is 0 Å². The second-order valence-corrected chi connectivity index (χ2v) is 3.76. The first kappa shape index (κ1) is 13.6. The molecule has 0 bridgehead atoms. The second-order valence-electron chi connectivity index (χ2n) is 3.76. The Morgan fingerprint density at radius 1 is 1.65 bits per heavy atom. The lowest BCUT2D eigenvalue weighted by Crippen LogP contribution is -2.62. The fourth-order valence-corrected chi connectivity index (χ4v) is 1.79. The van der Waals surface area contributed by atoms with E-state index in [-0.39, 0.29) is 13.1 Å². The van der Waals surface area contributed by atoms with Gasteiger partial charge in [0.25, 0.3) is 5.91 Å². The third-order valence-electron chi connectivity index (χ3n) is 2.70. The van der Waals surface area contributed by atoms with E-state index in [2.05, 4.69) is 5.32 Å². The number of methoxy groups -OCH3 is 1. The first-order chi connectivity index (χ1) is 8.04. The molecule has 1 saturated heterocycles. The van der Waals surface area contributed by atoms with Crippen LogP contribution in [0.15, 0.2) is 0 Å². The van der Waals surface area contributed by atoms with Crippen molar-refractivity contribution in [3.05, 3.63) is 0 Å². The monoisotopic (exact) mass is 243 g/mol. The van der Waals surface area contributed by atoms with Crippen LogP contribution in [0.3, 0.4) is 0 Å². The van der Waals surface area contributed by atoms with E-state index in [1.165, 1.54) is 12.0 Å². The highest BCUT2D eigenvalue weighted by Crippen LogP contribution is 2.11. The van der Waals surface area contributed by atoms with E-state index in [0.717, 1.165) is 0 Å². The van der Waals surface area contributed by atoms with Crippen LogP contribution in [0, 0.1) is 0 Å². The lowest BCUT2D eigenvalue weighted by atomic mass is 10.1. The highest BCUT2D eigenvalue weighted by molar-refractivity contribution is 6.04. The van der Waals surface area contributed by atoms with Crippen LogP contribution in [0.4, 0.5) is 0 Å². The molecule has 0 aliphatic carbocycles. The summed E-state index contributed by atoms with van der Waals surface area (Å²) in [7, 11) is 1.36. The lowest BCUT2D eigenvalue weighted by Gasteiger charge is -2.35. The summed E-state index contributed by atoms with van der Waals surface area (Å²) in [4.78, 5) is 36.0. The summed E-state index contributed by atoms with van der Waals surface area (Å²) in [5.41, 5.74) is 5.39. The van der Waals surface area contributed by atoms with Crippen molar-refractivity contribution in [1.29, 1.82) is 0 Å². The molecule has 7 nitrogen and oxygen atoms in total. The number of nitrogens with one attached hydrogen (secondary N) is 1. The van der Waals surface area contributed by atoms with Gasteiger partial charge in [0.2, 0.25) is 11.8 Å². The standard InChI is InChI=1S/C10H17N3O4/c1-3-6-9(15)12-8(14)5-13(6)10(16)7(4-11)17-2/h6-7H,3-5,11H2,1-2H3,(H,12,14,15). The summed E-state index contributed by atoms with van der Waals surface area (Å²) in [6, 6.07) is -0.635. The van der Waals surface area contributed by atoms with Crippen LogP contribution in [0.2, 0.25) is 0 Å². The molecule has 1 aliphatic heterocycles. The number of amides is 3. The van der Waals surface area contributed by atoms with Gasteiger partial charge in [-0.25, -0.2) is 0 Å². The number of nitrogens with zero attached hydrogens (tertiary/aromatic N) is 1. The number of carbonyl (C=O) groups is 3. The maximum atomic E-state index is 12.0. The predicted octanol–water partition coefficient (Wildman–Crippen LogP) is -1.78. The number of hydrogen-bond donors (Lipinski definition) is 2. The van der Waals surface area contributed by atoms with Crippen LogP contribution in [0.5, 0.6) is 0 Å². The van der Waals surface area contributed by atoms with Gasteiger partial charge in [-0.2, -0.15) is 0 Å². The molecule has 1 heterocycles. The van der Waals surface area contributed by atoms with Crippen molar-refractivity contribution in [2.75, 3.05) is 20.2 Å². The van der Waals surface area contributed by atoms with Gasteiger partial charge in [0, 0.05) is 13.7 Å². The molecule has 0 aromatic heterocycles. The molecule has 0 spiro atoms. The van der Waals surface area contributed by atoms with Gasteiger partial charge in [-0.05, 0) is 6.42 Å². The Balaban J connectivity index is 2.88. The van der Waals surface area contributed by atoms with Crippen LogP contribution >= 0.6 is 0 Å². The minimum Gasteiger partial charge on any atom is -0.370 e. The molecule has 0 saturated carbocycles. The molecule has 0 aromatic carbocycles. The highest BCUT2D eigenvalue weighted by atomic mass is 16.5. The fourth-order valence-electron chi connectivity index (χ4n) is 1.79. The van der Waals surface area contributed by atoms with Crippen LogP contribution in [-0.4, -0.2) is 55.0 Å². The number of rotatable bonds is 4. The number of hydrogen-bond acceptors (Lipinski definition) is 5. The average molecular weight is 243 g/mol. The van der Waals surface area contributed by atoms with Crippen molar-refractivity contribution in [2.45, 2.75) is 25.5 Å². The quantitative estimate of drug-likeness (QED) is 0.569. The van der Waals surface area contributed by atoms with Crippen LogP contribution in [0.1, 0.15) is 13.3 Å². The van der Waals surface area contributed by atoms with Crippen molar-refractivity contribution in [3.63, 3.8) is 0 Å². The van der Waals surface area contributed by atoms with Gasteiger partial charge in [0.1, 0.15) is 18.7 Å². The smallest absolute Gasteiger partial charge is 0.254 e. The SMILES string of the molecule is CCC1C(=O)NC(=O)CN1C(=O)C(CN)OC. The molecule has 0 radical (unpaired) electrons. The van der Waals surface area contributed by atoms with E-state index in [1.54, 1.807) is 6.92 Å². The molecule has 3 N–H and O–H groups in total. The van der Waals surface area contributed by atoms with Crippen molar-refractivity contribution in [1.82, 2.24) is 10.2 Å². The van der Waals surface area contributed by atoms with Gasteiger partial charge in [0.05, 0.1) is 0 Å². The first-order valence-electron chi connectivity index (χ1n) is 5.42. The van der Waals surface area contributed by atoms with Crippen molar-refractivity contribution in [3.8, 4) is 0 Å². The molecule has 96 valence electrons. The zero-order valence-electron chi connectivity index (χ0n) is 9.93. The summed E-state index contributed by atoms with van der Waals surface area (Å²) in [5.74, 6) is -1.37. The average Bonchev–Trinajstić information content (AvgIpc) is 2.29. The maximum absolute atomic E-state index is 12.0. The van der Waals surface area contributed by atoms with Gasteiger partial charge >= 0.3 is 0 Å². The third-order valence-corrected chi connectivity index (χ3v) is 2.70. The number of nitrogens with two attached hydrogens (primary N) is 1. The van der Waals surface area contributed by atoms with E-state index in [9.17, 15) is 14.4 Å². The van der Waals surface area contributed by atoms with E-state index in [0.29, 0.717) is 6.42 Å². The first-order valence-corrected chi connectivity index (χ1v) is 5.42. The predicted molar refractivity (Wildman–Crippen MR) is 58.8 cm³/mol. The molecule has 1 aliphatic rings. The molecule has 2 unspecified atom stereocenters. The number of imide groups is 1. The summed E-state index contributed by atoms with van der Waals surface area (Å²) in [6.45, 7) is 1.64. The zero-order valence-corrected chi connectivity index (χ0v) is 9.93. The topological polar surface area (TPSA) is 102 Å². The van der Waals surface area contributed by atoms with Crippen LogP contribution < -0.4 is 11.1 Å². The van der Waals surface area contributed by atoms with Gasteiger partial charge in [-0.15, -0.1) is 0 Å². The number of carbonyl (C=O) groups excluding carboxylic acids is 3. The Kier molecular flexibility index (Phi) is 4.59. The Morgan fingerprint density at radius 3 is 2.76 bits per heavy atom. The summed E-state index contributed by atoms with van der Waals surface area (Å²) >= 11 is 0. The summed E-state index contributed by atoms with van der Waals surface area (Å²) < 4.78 is 4.92. The van der Waals surface area contributed by atoms with Crippen LogP contribution in [0.25, 0.3) is 0 Å². The molecule has 1 rings (SSSR count). The minimum atomic E-state index is -0.817. The maximum Gasteiger partial charge on any atom is 0.254 e. The zero-order chi connectivity index (χ0) is 13.0. The summed E-state index contributed by atoms with van der Waals surface area (Å²) in [6.07, 6.45) is -0.381. The van der Waals surface area contributed by atoms with Gasteiger partial charge < -0.3 is 15.4 Å². The highest BCUT2D eigenvalue weighted by Gasteiger charge is 2.37. The minimum absolute atomic E-state index is 0.0120. The molecular formula is C10H17N3O4. The lowest BCUT2D eigenvalue weighted by molar-refractivity contribution is -0.155. The van der Waals surface area contributed by atoms with Gasteiger partial charge in [0.15, 0.2) is 0 Å². The summed E-state index contributed by atoms with van der Waals surface area (Å²) in [5, 5.41) is 2.20. The Hall–Kier alpha value is -1.47. The van der Waals surface area contributed by atoms with Gasteiger partial charge in [-0.3, -0.25) is 19.7 Å². The Labute approximate surface area is 99.3 Å². The van der Waals surface area contributed by atoms with E-state index >= 15 is 0 Å². The molecule has 0 aromatic rings. The fraction of sp³-hybridized carbons (Fsp3) is 0.700. The molecular weight excluding hydrogens is 226 g/mol. The van der Waals surface area contributed by atoms with Gasteiger partial charge in [-0.1, -0.05) is 6.92 Å². The van der Waals surface area contributed by atoms with Crippen LogP contribution in [-0.2, 0) is 19.1 Å². The number of piperazine rings is 1. The van der Waals surface area contributed by atoms with E-state index < -0.39 is 29.9 Å². The molecule has 17 heavy (non-hydrogen) atoms. The Morgan fingerprint density at radius 2 is 2.29 bits per heavy atom. The molecule has 1 fully saturated rings. The largest absolute Gasteiger partial charge is 0.370 e. The van der Waals surface area contributed by atoms with Crippen molar-refractivity contribution < 1.29 is 19.1 Å². The number of ether oxygens (including phenoxy) is 1. The third kappa shape index (κ3) is 2.80. The second kappa shape index (κ2) is 5.74. The Bertz CT molecular complexity index is 328. The van der Waals surface area contributed by atoms with Crippen molar-refractivity contribution >= 4 is 17.7 Å².